The van der Waals surface area contributed by atoms with Gasteiger partial charge in [-0.1, -0.05) is 152 Å². The molecule has 12 aromatic rings. The maximum absolute atomic E-state index is 5.45. The van der Waals surface area contributed by atoms with Crippen LogP contribution in [0.5, 0.6) is 0 Å². The highest BCUT2D eigenvalue weighted by Gasteiger charge is 2.19. The molecule has 280 valence electrons. The first kappa shape index (κ1) is 33.9. The summed E-state index contributed by atoms with van der Waals surface area (Å²) in [6, 6.07) is 74.9. The van der Waals surface area contributed by atoms with E-state index in [4.69, 9.17) is 15.0 Å². The fourth-order valence-electron chi connectivity index (χ4n) is 8.98. The number of rotatable bonds is 6. The molecular weight excluding hydrogens is 731 g/mol. The van der Waals surface area contributed by atoms with Crippen molar-refractivity contribution in [2.24, 2.45) is 0 Å². The molecule has 0 amide bonds. The number of aromatic nitrogens is 5. The Morgan fingerprint density at radius 1 is 0.300 bits per heavy atom. The van der Waals surface area contributed by atoms with E-state index in [0.29, 0.717) is 5.82 Å². The van der Waals surface area contributed by atoms with Crippen LogP contribution in [0.4, 0.5) is 0 Å². The van der Waals surface area contributed by atoms with Gasteiger partial charge in [0.15, 0.2) is 5.82 Å². The first-order chi connectivity index (χ1) is 29.7. The maximum Gasteiger partial charge on any atom is 0.160 e. The molecule has 0 saturated heterocycles. The standard InChI is InChI=1S/C55H35N5/c1-3-16-36(17-4-1)48-35-49(37-18-5-2-6-19-37)58-55(57-48)39-21-15-20-38(32-39)45-34-54(60-52-28-13-9-24-43(52)44-25-10-14-29-53(44)60)56-47-31-30-40(33-46(45)47)59-50-26-11-7-22-41(50)42-23-8-12-27-51(42)59/h1-35H. The van der Waals surface area contributed by atoms with E-state index in [1.165, 1.54) is 32.6 Å². The number of benzene rings is 8. The number of hydrogen-bond acceptors (Lipinski definition) is 3. The SMILES string of the molecule is c1ccc(-c2cc(-c3ccccc3)nc(-c3cccc(-c4cc(-n5c6ccccc6c6ccccc65)nc5ccc(-n6c7ccccc7c7ccccc76)cc45)c3)n2)cc1. The van der Waals surface area contributed by atoms with E-state index in [1.807, 2.05) is 12.1 Å². The summed E-state index contributed by atoms with van der Waals surface area (Å²) in [5.74, 6) is 1.53. The fourth-order valence-corrected chi connectivity index (χ4v) is 8.98. The Hall–Kier alpha value is -8.15. The molecule has 0 fully saturated rings. The highest BCUT2D eigenvalue weighted by molar-refractivity contribution is 6.11. The predicted molar refractivity (Wildman–Crippen MR) is 248 cm³/mol. The Bertz CT molecular complexity index is 3440. The van der Waals surface area contributed by atoms with Crippen molar-refractivity contribution < 1.29 is 0 Å². The van der Waals surface area contributed by atoms with Crippen LogP contribution in [-0.4, -0.2) is 24.1 Å². The summed E-state index contributed by atoms with van der Waals surface area (Å²) in [7, 11) is 0. The third-order valence-electron chi connectivity index (χ3n) is 11.7. The van der Waals surface area contributed by atoms with Gasteiger partial charge in [0, 0.05) is 49.3 Å². The maximum atomic E-state index is 5.45. The zero-order chi connectivity index (χ0) is 39.6. The van der Waals surface area contributed by atoms with Crippen molar-refractivity contribution in [1.82, 2.24) is 24.1 Å². The van der Waals surface area contributed by atoms with Crippen LogP contribution < -0.4 is 0 Å². The van der Waals surface area contributed by atoms with Gasteiger partial charge in [-0.25, -0.2) is 15.0 Å². The number of nitrogens with zero attached hydrogens (tertiary/aromatic N) is 5. The molecule has 60 heavy (non-hydrogen) atoms. The Balaban J connectivity index is 1.11. The van der Waals surface area contributed by atoms with E-state index in [9.17, 15) is 0 Å². The molecule has 8 aromatic carbocycles. The van der Waals surface area contributed by atoms with E-state index < -0.39 is 0 Å². The minimum absolute atomic E-state index is 0.670. The summed E-state index contributed by atoms with van der Waals surface area (Å²) in [4.78, 5) is 15.8. The third kappa shape index (κ3) is 5.52. The van der Waals surface area contributed by atoms with Gasteiger partial charge in [0.05, 0.1) is 39.0 Å². The molecule has 4 aromatic heterocycles. The molecule has 5 nitrogen and oxygen atoms in total. The predicted octanol–water partition coefficient (Wildman–Crippen LogP) is 13.9. The molecule has 0 spiro atoms. The van der Waals surface area contributed by atoms with Crippen molar-refractivity contribution in [2.75, 3.05) is 0 Å². The van der Waals surface area contributed by atoms with Crippen molar-refractivity contribution in [3.05, 3.63) is 212 Å². The van der Waals surface area contributed by atoms with Crippen LogP contribution in [0, 0.1) is 0 Å². The second-order valence-electron chi connectivity index (χ2n) is 15.2. The van der Waals surface area contributed by atoms with Crippen molar-refractivity contribution in [2.45, 2.75) is 0 Å². The number of hydrogen-bond donors (Lipinski definition) is 0. The molecule has 0 aliphatic heterocycles. The largest absolute Gasteiger partial charge is 0.309 e. The lowest BCUT2D eigenvalue weighted by molar-refractivity contribution is 1.10. The van der Waals surface area contributed by atoms with E-state index in [0.717, 1.165) is 72.6 Å². The molecule has 0 unspecified atom stereocenters. The summed E-state index contributed by atoms with van der Waals surface area (Å²) in [6.45, 7) is 0. The smallest absolute Gasteiger partial charge is 0.160 e. The molecule has 4 heterocycles. The summed E-state index contributed by atoms with van der Waals surface area (Å²) < 4.78 is 4.68. The van der Waals surface area contributed by atoms with Crippen molar-refractivity contribution in [1.29, 1.82) is 0 Å². The van der Waals surface area contributed by atoms with Gasteiger partial charge in [0.25, 0.3) is 0 Å². The van der Waals surface area contributed by atoms with Crippen molar-refractivity contribution in [3.8, 4) is 56.5 Å². The van der Waals surface area contributed by atoms with Crippen LogP contribution in [0.15, 0.2) is 212 Å². The zero-order valence-electron chi connectivity index (χ0n) is 32.4. The van der Waals surface area contributed by atoms with E-state index in [1.54, 1.807) is 0 Å². The molecule has 0 bridgehead atoms. The lowest BCUT2D eigenvalue weighted by Gasteiger charge is -2.16. The van der Waals surface area contributed by atoms with Crippen LogP contribution in [-0.2, 0) is 0 Å². The van der Waals surface area contributed by atoms with Gasteiger partial charge in [-0.3, -0.25) is 4.57 Å². The first-order valence-corrected chi connectivity index (χ1v) is 20.3. The van der Waals surface area contributed by atoms with Gasteiger partial charge >= 0.3 is 0 Å². The first-order valence-electron chi connectivity index (χ1n) is 20.3. The molecule has 0 atom stereocenters. The Labute approximate surface area is 346 Å². The van der Waals surface area contributed by atoms with Gasteiger partial charge in [-0.2, -0.15) is 0 Å². The van der Waals surface area contributed by atoms with Gasteiger partial charge in [0.1, 0.15) is 5.82 Å². The van der Waals surface area contributed by atoms with Crippen LogP contribution in [0.2, 0.25) is 0 Å². The van der Waals surface area contributed by atoms with E-state index >= 15 is 0 Å². The van der Waals surface area contributed by atoms with Crippen LogP contribution >= 0.6 is 0 Å². The summed E-state index contributed by atoms with van der Waals surface area (Å²) in [5, 5.41) is 5.91. The number of fused-ring (bicyclic) bond motifs is 7. The summed E-state index contributed by atoms with van der Waals surface area (Å²) >= 11 is 0. The lowest BCUT2D eigenvalue weighted by atomic mass is 9.98. The number of para-hydroxylation sites is 4. The Morgan fingerprint density at radius 2 is 0.767 bits per heavy atom. The average Bonchev–Trinajstić information content (AvgIpc) is 3.85. The van der Waals surface area contributed by atoms with E-state index in [2.05, 4.69) is 209 Å². The highest BCUT2D eigenvalue weighted by Crippen LogP contribution is 2.39. The average molecular weight is 766 g/mol. The normalized spacial score (nSPS) is 11.7. The lowest BCUT2D eigenvalue weighted by Crippen LogP contribution is -2.01. The topological polar surface area (TPSA) is 48.5 Å². The van der Waals surface area contributed by atoms with Crippen LogP contribution in [0.3, 0.4) is 0 Å². The van der Waals surface area contributed by atoms with Gasteiger partial charge in [0.2, 0.25) is 0 Å². The molecule has 0 aliphatic rings. The molecule has 0 aliphatic carbocycles. The second-order valence-corrected chi connectivity index (χ2v) is 15.2. The third-order valence-corrected chi connectivity index (χ3v) is 11.7. The molecule has 0 radical (unpaired) electrons. The van der Waals surface area contributed by atoms with E-state index in [-0.39, 0.29) is 0 Å². The second kappa shape index (κ2) is 13.8. The van der Waals surface area contributed by atoms with Crippen molar-refractivity contribution >= 4 is 54.5 Å². The monoisotopic (exact) mass is 765 g/mol. The van der Waals surface area contributed by atoms with Crippen LogP contribution in [0.1, 0.15) is 0 Å². The van der Waals surface area contributed by atoms with Gasteiger partial charge in [-0.05, 0) is 71.8 Å². The number of pyridine rings is 1. The Kier molecular flexibility index (Phi) is 7.78. The minimum atomic E-state index is 0.670. The molecule has 0 saturated carbocycles. The molecule has 0 N–H and O–H groups in total. The zero-order valence-corrected chi connectivity index (χ0v) is 32.4. The molecular formula is C55H35N5. The van der Waals surface area contributed by atoms with Crippen molar-refractivity contribution in [3.63, 3.8) is 0 Å². The Morgan fingerprint density at radius 3 is 1.32 bits per heavy atom. The quantitative estimate of drug-likeness (QED) is 0.169. The summed E-state index contributed by atoms with van der Waals surface area (Å²) in [5.41, 5.74) is 13.5. The fraction of sp³-hybridized carbons (Fsp3) is 0. The minimum Gasteiger partial charge on any atom is -0.309 e. The molecule has 12 rings (SSSR count). The highest BCUT2D eigenvalue weighted by atomic mass is 15.1. The van der Waals surface area contributed by atoms with Crippen LogP contribution in [0.25, 0.3) is 111 Å². The summed E-state index contributed by atoms with van der Waals surface area (Å²) in [6.07, 6.45) is 0. The van der Waals surface area contributed by atoms with Gasteiger partial charge in [-0.15, -0.1) is 0 Å². The van der Waals surface area contributed by atoms with Gasteiger partial charge < -0.3 is 4.57 Å². The molecule has 5 heteroatoms.